The van der Waals surface area contributed by atoms with Crippen molar-refractivity contribution in [2.45, 2.75) is 6.18 Å². The number of halogens is 6. The number of anilines is 1. The zero-order valence-corrected chi connectivity index (χ0v) is 10.1. The first-order valence-corrected chi connectivity index (χ1v) is 5.24. The van der Waals surface area contributed by atoms with Crippen molar-refractivity contribution in [3.05, 3.63) is 28.2 Å². The molecule has 0 spiro atoms. The molecule has 3 nitrogen and oxygen atoms in total. The maximum Gasteiger partial charge on any atom is 0.405 e. The van der Waals surface area contributed by atoms with Crippen molar-refractivity contribution in [1.82, 2.24) is 5.32 Å². The van der Waals surface area contributed by atoms with Gasteiger partial charge in [0.2, 0.25) is 0 Å². The second-order valence-corrected chi connectivity index (χ2v) is 4.08. The van der Waals surface area contributed by atoms with Gasteiger partial charge in [0.25, 0.3) is 0 Å². The van der Waals surface area contributed by atoms with Crippen molar-refractivity contribution in [3.63, 3.8) is 0 Å². The molecule has 0 aliphatic rings. The highest BCUT2D eigenvalue weighted by molar-refractivity contribution is 9.10. The van der Waals surface area contributed by atoms with Gasteiger partial charge in [-0.15, -0.1) is 0 Å². The Balaban J connectivity index is 2.71. The Morgan fingerprint density at radius 1 is 1.22 bits per heavy atom. The van der Waals surface area contributed by atoms with Gasteiger partial charge in [-0.2, -0.15) is 13.2 Å². The number of carbonyl (C=O) groups excluding carboxylic acids is 1. The summed E-state index contributed by atoms with van der Waals surface area (Å²) >= 11 is 2.81. The Bertz CT molecular complexity index is 440. The lowest BCUT2D eigenvalue weighted by atomic mass is 10.3. The van der Waals surface area contributed by atoms with Gasteiger partial charge in [-0.25, -0.2) is 13.6 Å². The SMILES string of the molecule is O=C(NCC(F)(F)F)Nc1c(F)cc(Br)cc1F. The quantitative estimate of drug-likeness (QED) is 0.800. The maximum absolute atomic E-state index is 13.2. The fraction of sp³-hybridized carbons (Fsp3) is 0.222. The van der Waals surface area contributed by atoms with E-state index in [0.717, 1.165) is 12.1 Å². The third-order valence-corrected chi connectivity index (χ3v) is 2.15. The van der Waals surface area contributed by atoms with Gasteiger partial charge >= 0.3 is 12.2 Å². The molecule has 0 aromatic heterocycles. The zero-order valence-electron chi connectivity index (χ0n) is 8.54. The molecule has 18 heavy (non-hydrogen) atoms. The Morgan fingerprint density at radius 3 is 2.17 bits per heavy atom. The number of hydrogen-bond donors (Lipinski definition) is 2. The Morgan fingerprint density at radius 2 is 1.72 bits per heavy atom. The van der Waals surface area contributed by atoms with E-state index < -0.39 is 36.1 Å². The number of carbonyl (C=O) groups is 1. The largest absolute Gasteiger partial charge is 0.405 e. The van der Waals surface area contributed by atoms with Crippen molar-refractivity contribution in [2.75, 3.05) is 11.9 Å². The molecule has 0 radical (unpaired) electrons. The van der Waals surface area contributed by atoms with E-state index in [9.17, 15) is 26.7 Å². The summed E-state index contributed by atoms with van der Waals surface area (Å²) in [5, 5.41) is 3.08. The van der Waals surface area contributed by atoms with E-state index in [1.54, 1.807) is 5.32 Å². The normalized spacial score (nSPS) is 11.2. The topological polar surface area (TPSA) is 41.1 Å². The first kappa shape index (κ1) is 14.7. The van der Waals surface area contributed by atoms with Gasteiger partial charge in [-0.3, -0.25) is 0 Å². The van der Waals surface area contributed by atoms with E-state index in [1.165, 1.54) is 5.32 Å². The second kappa shape index (κ2) is 5.51. The Labute approximate surface area is 106 Å². The molecule has 0 aliphatic carbocycles. The fourth-order valence-electron chi connectivity index (χ4n) is 1.000. The van der Waals surface area contributed by atoms with E-state index in [2.05, 4.69) is 15.9 Å². The molecule has 0 bridgehead atoms. The number of hydrogen-bond acceptors (Lipinski definition) is 1. The van der Waals surface area contributed by atoms with Crippen molar-refractivity contribution in [2.24, 2.45) is 0 Å². The number of rotatable bonds is 2. The van der Waals surface area contributed by atoms with E-state index in [0.29, 0.717) is 0 Å². The fourth-order valence-corrected chi connectivity index (χ4v) is 1.40. The number of benzene rings is 1. The van der Waals surface area contributed by atoms with Crippen LogP contribution in [0.3, 0.4) is 0 Å². The summed E-state index contributed by atoms with van der Waals surface area (Å²) < 4.78 is 61.8. The smallest absolute Gasteiger partial charge is 0.329 e. The molecule has 0 saturated heterocycles. The summed E-state index contributed by atoms with van der Waals surface area (Å²) in [5.41, 5.74) is -0.821. The van der Waals surface area contributed by atoms with E-state index in [1.807, 2.05) is 0 Å². The molecule has 1 rings (SSSR count). The van der Waals surface area contributed by atoms with E-state index in [-0.39, 0.29) is 4.47 Å². The van der Waals surface area contributed by atoms with E-state index >= 15 is 0 Å². The van der Waals surface area contributed by atoms with Crippen LogP contribution in [0.2, 0.25) is 0 Å². The molecule has 0 unspecified atom stereocenters. The van der Waals surface area contributed by atoms with Crippen LogP contribution >= 0.6 is 15.9 Å². The molecule has 1 aromatic rings. The van der Waals surface area contributed by atoms with Crippen LogP contribution in [0.5, 0.6) is 0 Å². The van der Waals surface area contributed by atoms with Crippen molar-refractivity contribution in [1.29, 1.82) is 0 Å². The molecule has 9 heteroatoms. The van der Waals surface area contributed by atoms with Crippen LogP contribution in [0.15, 0.2) is 16.6 Å². The molecule has 0 aliphatic heterocycles. The lowest BCUT2D eigenvalue weighted by Gasteiger charge is -2.11. The van der Waals surface area contributed by atoms with Crippen molar-refractivity contribution in [3.8, 4) is 0 Å². The highest BCUT2D eigenvalue weighted by atomic mass is 79.9. The number of urea groups is 1. The lowest BCUT2D eigenvalue weighted by molar-refractivity contribution is -0.122. The zero-order chi connectivity index (χ0) is 13.9. The lowest BCUT2D eigenvalue weighted by Crippen LogP contribution is -2.37. The van der Waals surface area contributed by atoms with E-state index in [4.69, 9.17) is 0 Å². The molecule has 0 saturated carbocycles. The molecular formula is C9H6BrF5N2O. The average molecular weight is 333 g/mol. The summed E-state index contributed by atoms with van der Waals surface area (Å²) in [5.74, 6) is -2.21. The first-order chi connectivity index (χ1) is 8.19. The third-order valence-electron chi connectivity index (χ3n) is 1.69. The van der Waals surface area contributed by atoms with Crippen LogP contribution in [0, 0.1) is 11.6 Å². The van der Waals surface area contributed by atoms with Crippen LogP contribution in [0.25, 0.3) is 0 Å². The van der Waals surface area contributed by atoms with Crippen LogP contribution in [0.1, 0.15) is 0 Å². The van der Waals surface area contributed by atoms with Gasteiger partial charge in [0.1, 0.15) is 12.2 Å². The summed E-state index contributed by atoms with van der Waals surface area (Å²) in [6.07, 6.45) is -4.60. The standard InChI is InChI=1S/C9H6BrF5N2O/c10-4-1-5(11)7(6(12)2-4)17-8(18)16-3-9(13,14)15/h1-2H,3H2,(H2,16,17,18). The Hall–Kier alpha value is -1.38. The molecule has 0 heterocycles. The first-order valence-electron chi connectivity index (χ1n) is 4.45. The predicted molar refractivity (Wildman–Crippen MR) is 57.1 cm³/mol. The van der Waals surface area contributed by atoms with Gasteiger partial charge in [-0.1, -0.05) is 15.9 Å². The van der Waals surface area contributed by atoms with Crippen LogP contribution < -0.4 is 10.6 Å². The average Bonchev–Trinajstić information content (AvgIpc) is 2.19. The molecule has 0 fully saturated rings. The van der Waals surface area contributed by atoms with Crippen molar-refractivity contribution >= 4 is 27.6 Å². The van der Waals surface area contributed by atoms with Gasteiger partial charge in [-0.05, 0) is 12.1 Å². The predicted octanol–water partition coefficient (Wildman–Crippen LogP) is 3.41. The third kappa shape index (κ3) is 4.47. The molecule has 0 atom stereocenters. The minimum absolute atomic E-state index is 0.0961. The molecule has 2 N–H and O–H groups in total. The van der Waals surface area contributed by atoms with Crippen LogP contribution in [-0.4, -0.2) is 18.8 Å². The second-order valence-electron chi connectivity index (χ2n) is 3.17. The summed E-state index contributed by atoms with van der Waals surface area (Å²) in [4.78, 5) is 11.0. The molecule has 100 valence electrons. The van der Waals surface area contributed by atoms with Gasteiger partial charge in [0, 0.05) is 4.47 Å². The monoisotopic (exact) mass is 332 g/mol. The molecule has 2 amide bonds. The summed E-state index contributed by atoms with van der Waals surface area (Å²) in [6.45, 7) is -1.60. The van der Waals surface area contributed by atoms with Crippen LogP contribution in [-0.2, 0) is 0 Å². The van der Waals surface area contributed by atoms with Crippen molar-refractivity contribution < 1.29 is 26.7 Å². The summed E-state index contributed by atoms with van der Waals surface area (Å²) in [7, 11) is 0. The van der Waals surface area contributed by atoms with Gasteiger partial charge in [0.05, 0.1) is 0 Å². The molecular weight excluding hydrogens is 327 g/mol. The minimum Gasteiger partial charge on any atom is -0.329 e. The van der Waals surface area contributed by atoms with Gasteiger partial charge in [0.15, 0.2) is 11.6 Å². The van der Waals surface area contributed by atoms with Crippen LogP contribution in [0.4, 0.5) is 32.4 Å². The van der Waals surface area contributed by atoms with Gasteiger partial charge < -0.3 is 10.6 Å². The highest BCUT2D eigenvalue weighted by Gasteiger charge is 2.28. The summed E-state index contributed by atoms with van der Waals surface area (Å²) in [6, 6.07) is 0.373. The highest BCUT2D eigenvalue weighted by Crippen LogP contribution is 2.23. The maximum atomic E-state index is 13.2. The number of nitrogens with one attached hydrogen (secondary N) is 2. The number of amides is 2. The molecule has 1 aromatic carbocycles. The number of alkyl halides is 3. The minimum atomic E-state index is -4.60. The Kier molecular flexibility index (Phi) is 4.49.